The molecule has 0 atom stereocenters. The molecule has 2 aromatic rings. The van der Waals surface area contributed by atoms with Gasteiger partial charge in [-0.05, 0) is 49.4 Å². The zero-order valence-corrected chi connectivity index (χ0v) is 18.6. The fourth-order valence-electron chi connectivity index (χ4n) is 4.23. The molecule has 1 aromatic heterocycles. The topological polar surface area (TPSA) is 61.9 Å². The monoisotopic (exact) mass is 445 g/mol. The number of nitrogens with zero attached hydrogens (tertiary/aromatic N) is 2. The van der Waals surface area contributed by atoms with Crippen molar-refractivity contribution >= 4 is 28.2 Å². The van der Waals surface area contributed by atoms with E-state index in [-0.39, 0.29) is 17.7 Å². The first kappa shape index (κ1) is 21.9. The molecule has 0 saturated carbocycles. The molecule has 6 nitrogen and oxygen atoms in total. The summed E-state index contributed by atoms with van der Waals surface area (Å²) in [6.45, 7) is 6.48. The van der Waals surface area contributed by atoms with E-state index < -0.39 is 0 Å². The number of piperazine rings is 1. The van der Waals surface area contributed by atoms with Crippen molar-refractivity contribution in [3.05, 3.63) is 51.7 Å². The Hall–Kier alpha value is -2.29. The second-order valence-electron chi connectivity index (χ2n) is 8.01. The van der Waals surface area contributed by atoms with Crippen LogP contribution in [0.2, 0.25) is 0 Å². The number of amides is 1. The van der Waals surface area contributed by atoms with Gasteiger partial charge in [-0.15, -0.1) is 11.3 Å². The predicted octanol–water partition coefficient (Wildman–Crippen LogP) is 3.31. The van der Waals surface area contributed by atoms with Gasteiger partial charge in [0.05, 0.1) is 18.7 Å². The summed E-state index contributed by atoms with van der Waals surface area (Å²) < 4.78 is 18.3. The summed E-state index contributed by atoms with van der Waals surface area (Å²) in [5.74, 6) is -0.661. The molecular weight excluding hydrogens is 417 g/mol. The van der Waals surface area contributed by atoms with E-state index in [1.54, 1.807) is 6.92 Å². The van der Waals surface area contributed by atoms with Gasteiger partial charge in [0.1, 0.15) is 10.8 Å². The number of anilines is 1. The highest BCUT2D eigenvalue weighted by Crippen LogP contribution is 2.39. The molecule has 1 aliphatic heterocycles. The number of fused-ring (bicyclic) bond motifs is 1. The van der Waals surface area contributed by atoms with Crippen molar-refractivity contribution < 1.29 is 18.7 Å². The number of nitrogens with one attached hydrogen (secondary N) is 1. The molecule has 31 heavy (non-hydrogen) atoms. The smallest absolute Gasteiger partial charge is 0.341 e. The summed E-state index contributed by atoms with van der Waals surface area (Å²) in [6, 6.07) is 6.60. The highest BCUT2D eigenvalue weighted by Gasteiger charge is 2.29. The van der Waals surface area contributed by atoms with Crippen molar-refractivity contribution in [2.75, 3.05) is 44.6 Å². The Morgan fingerprint density at radius 1 is 1.10 bits per heavy atom. The van der Waals surface area contributed by atoms with Gasteiger partial charge in [0.2, 0.25) is 5.91 Å². The molecule has 0 radical (unpaired) electrons. The average molecular weight is 446 g/mol. The number of carbonyl (C=O) groups excluding carboxylic acids is 2. The van der Waals surface area contributed by atoms with E-state index >= 15 is 0 Å². The number of ether oxygens (including phenoxy) is 1. The van der Waals surface area contributed by atoms with E-state index in [0.717, 1.165) is 63.1 Å². The van der Waals surface area contributed by atoms with Crippen LogP contribution in [0.4, 0.5) is 9.39 Å². The molecule has 166 valence electrons. The largest absolute Gasteiger partial charge is 0.462 e. The van der Waals surface area contributed by atoms with Gasteiger partial charge in [-0.2, -0.15) is 0 Å². The van der Waals surface area contributed by atoms with E-state index in [1.807, 2.05) is 12.1 Å². The van der Waals surface area contributed by atoms with Crippen LogP contribution in [0.3, 0.4) is 0 Å². The minimum absolute atomic E-state index is 0.0996. The Labute approximate surface area is 186 Å². The molecule has 1 aromatic carbocycles. The molecular formula is C23H28FN3O3S. The minimum atomic E-state index is -0.341. The van der Waals surface area contributed by atoms with Crippen molar-refractivity contribution in [3.8, 4) is 0 Å². The third kappa shape index (κ3) is 5.31. The lowest BCUT2D eigenvalue weighted by atomic mass is 10.1. The van der Waals surface area contributed by atoms with E-state index in [1.165, 1.54) is 28.3 Å². The lowest BCUT2D eigenvalue weighted by Gasteiger charge is -2.34. The van der Waals surface area contributed by atoms with Crippen molar-refractivity contribution in [3.63, 3.8) is 0 Å². The van der Waals surface area contributed by atoms with Crippen molar-refractivity contribution in [1.82, 2.24) is 9.80 Å². The first-order valence-electron chi connectivity index (χ1n) is 10.8. The van der Waals surface area contributed by atoms with Crippen molar-refractivity contribution in [2.24, 2.45) is 0 Å². The van der Waals surface area contributed by atoms with Crippen molar-refractivity contribution in [1.29, 1.82) is 0 Å². The van der Waals surface area contributed by atoms with Gasteiger partial charge < -0.3 is 10.1 Å². The highest BCUT2D eigenvalue weighted by molar-refractivity contribution is 7.17. The summed E-state index contributed by atoms with van der Waals surface area (Å²) in [5, 5.41) is 3.60. The fourth-order valence-corrected chi connectivity index (χ4v) is 5.53. The maximum atomic E-state index is 13.1. The predicted molar refractivity (Wildman–Crippen MR) is 119 cm³/mol. The van der Waals surface area contributed by atoms with Gasteiger partial charge in [-0.1, -0.05) is 12.1 Å². The van der Waals surface area contributed by atoms with Crippen LogP contribution in [-0.4, -0.2) is 61.0 Å². The molecule has 8 heteroatoms. The Morgan fingerprint density at radius 2 is 1.81 bits per heavy atom. The molecule has 1 saturated heterocycles. The Balaban J connectivity index is 1.30. The second-order valence-corrected chi connectivity index (χ2v) is 9.11. The highest BCUT2D eigenvalue weighted by atomic mass is 32.1. The normalized spacial score (nSPS) is 16.8. The number of aryl methyl sites for hydroxylation is 1. The third-order valence-corrected chi connectivity index (χ3v) is 7.01. The van der Waals surface area contributed by atoms with Crippen LogP contribution >= 0.6 is 11.3 Å². The molecule has 1 fully saturated rings. The zero-order chi connectivity index (χ0) is 21.8. The number of hydrogen-bond donors (Lipinski definition) is 1. The van der Waals surface area contributed by atoms with Crippen LogP contribution in [0.25, 0.3) is 0 Å². The van der Waals surface area contributed by atoms with E-state index in [2.05, 4.69) is 15.1 Å². The molecule has 1 amide bonds. The number of rotatable bonds is 7. The summed E-state index contributed by atoms with van der Waals surface area (Å²) in [6.07, 6.45) is 2.87. The molecule has 2 heterocycles. The van der Waals surface area contributed by atoms with E-state index in [0.29, 0.717) is 23.7 Å². The zero-order valence-electron chi connectivity index (χ0n) is 17.8. The maximum absolute atomic E-state index is 13.1. The average Bonchev–Trinajstić information content (AvgIpc) is 3.32. The van der Waals surface area contributed by atoms with Crippen LogP contribution < -0.4 is 5.32 Å². The minimum Gasteiger partial charge on any atom is -0.462 e. The Bertz CT molecular complexity index is 936. The summed E-state index contributed by atoms with van der Waals surface area (Å²) in [7, 11) is 0. The van der Waals surface area contributed by atoms with E-state index in [4.69, 9.17) is 4.74 Å². The second kappa shape index (κ2) is 9.89. The van der Waals surface area contributed by atoms with Crippen molar-refractivity contribution in [2.45, 2.75) is 32.7 Å². The quantitative estimate of drug-likeness (QED) is 0.663. The Kier molecular flexibility index (Phi) is 6.99. The number of halogens is 1. The van der Waals surface area contributed by atoms with Crippen LogP contribution in [0.5, 0.6) is 0 Å². The molecule has 1 N–H and O–H groups in total. The summed E-state index contributed by atoms with van der Waals surface area (Å²) in [5.41, 5.74) is 2.69. The fraction of sp³-hybridized carbons (Fsp3) is 0.478. The third-order valence-electron chi connectivity index (χ3n) is 5.81. The van der Waals surface area contributed by atoms with Crippen LogP contribution in [0.15, 0.2) is 24.3 Å². The lowest BCUT2D eigenvalue weighted by Crippen LogP contribution is -2.48. The van der Waals surface area contributed by atoms with Crippen LogP contribution in [-0.2, 0) is 28.9 Å². The molecule has 0 bridgehead atoms. The molecule has 4 rings (SSSR count). The van der Waals surface area contributed by atoms with Crippen LogP contribution in [0.1, 0.15) is 39.7 Å². The standard InChI is InChI=1S/C23H28FN3O3S/c1-2-30-23(29)21-18-4-3-5-19(18)31-22(21)25-20(28)15-27-12-10-26(11-13-27)14-16-6-8-17(24)9-7-16/h6-9H,2-5,10-15H2,1H3,(H,25,28). The SMILES string of the molecule is CCOC(=O)c1c(NC(=O)CN2CCN(Cc3ccc(F)cc3)CC2)sc2c1CCC2. The molecule has 1 aliphatic carbocycles. The Morgan fingerprint density at radius 3 is 2.52 bits per heavy atom. The lowest BCUT2D eigenvalue weighted by molar-refractivity contribution is -0.117. The van der Waals surface area contributed by atoms with Gasteiger partial charge in [0.25, 0.3) is 0 Å². The maximum Gasteiger partial charge on any atom is 0.341 e. The first-order chi connectivity index (χ1) is 15.0. The molecule has 0 unspecified atom stereocenters. The number of esters is 1. The number of thiophene rings is 1. The summed E-state index contributed by atoms with van der Waals surface area (Å²) >= 11 is 1.51. The van der Waals surface area contributed by atoms with Gasteiger partial charge in [-0.3, -0.25) is 14.6 Å². The number of benzene rings is 1. The molecule has 0 spiro atoms. The first-order valence-corrected chi connectivity index (χ1v) is 11.7. The van der Waals surface area contributed by atoms with Gasteiger partial charge in [-0.25, -0.2) is 9.18 Å². The van der Waals surface area contributed by atoms with Crippen LogP contribution in [0, 0.1) is 5.82 Å². The van der Waals surface area contributed by atoms with Gasteiger partial charge in [0, 0.05) is 37.6 Å². The van der Waals surface area contributed by atoms with Gasteiger partial charge >= 0.3 is 5.97 Å². The number of hydrogen-bond acceptors (Lipinski definition) is 6. The molecule has 2 aliphatic rings. The number of carbonyl (C=O) groups is 2. The summed E-state index contributed by atoms with van der Waals surface area (Å²) in [4.78, 5) is 30.8. The van der Waals surface area contributed by atoms with Gasteiger partial charge in [0.15, 0.2) is 0 Å². The van der Waals surface area contributed by atoms with E-state index in [9.17, 15) is 14.0 Å².